The second kappa shape index (κ2) is 2.91. The van der Waals surface area contributed by atoms with E-state index in [4.69, 9.17) is 0 Å². The molecule has 2 aromatic heterocycles. The minimum absolute atomic E-state index is 0.256. The minimum Gasteiger partial charge on any atom is -0.319 e. The molecule has 1 aromatic carbocycles. The molecule has 0 radical (unpaired) electrons. The first kappa shape index (κ1) is 9.08. The molecule has 80 valence electrons. The molecule has 0 atom stereocenters. The molecule has 3 rings (SSSR count). The summed E-state index contributed by atoms with van der Waals surface area (Å²) in [7, 11) is 0. The lowest BCUT2D eigenvalue weighted by Crippen LogP contribution is -2.12. The minimum atomic E-state index is -0.401. The number of nitrogens with one attached hydrogen (secondary N) is 1. The zero-order valence-corrected chi connectivity index (χ0v) is 8.49. The highest BCUT2D eigenvalue weighted by Crippen LogP contribution is 2.16. The van der Waals surface area contributed by atoms with Crippen LogP contribution in [0.15, 0.2) is 29.2 Å². The summed E-state index contributed by atoms with van der Waals surface area (Å²) in [4.78, 5) is 14.4. The average Bonchev–Trinajstić information content (AvgIpc) is 2.61. The number of aromatic nitrogens is 3. The van der Waals surface area contributed by atoms with Gasteiger partial charge in [-0.2, -0.15) is 5.10 Å². The second-order valence-electron chi connectivity index (χ2n) is 3.68. The van der Waals surface area contributed by atoms with Gasteiger partial charge in [0.25, 0.3) is 5.56 Å². The molecular formula is C11H8FN3O. The van der Waals surface area contributed by atoms with Crippen molar-refractivity contribution in [3.8, 4) is 0 Å². The number of rotatable bonds is 0. The van der Waals surface area contributed by atoms with E-state index in [1.54, 1.807) is 25.3 Å². The highest BCUT2D eigenvalue weighted by atomic mass is 19.1. The number of hydrogen-bond donors (Lipinski definition) is 1. The van der Waals surface area contributed by atoms with Gasteiger partial charge < -0.3 is 4.98 Å². The Morgan fingerprint density at radius 3 is 3.00 bits per heavy atom. The van der Waals surface area contributed by atoms with Crippen molar-refractivity contribution in [1.82, 2.24) is 14.6 Å². The number of aromatic amines is 1. The van der Waals surface area contributed by atoms with Gasteiger partial charge in [-0.25, -0.2) is 8.91 Å². The normalized spacial score (nSPS) is 11.4. The third-order valence-corrected chi connectivity index (χ3v) is 2.61. The van der Waals surface area contributed by atoms with E-state index in [0.29, 0.717) is 16.6 Å². The summed E-state index contributed by atoms with van der Waals surface area (Å²) in [6.07, 6.45) is 1.55. The van der Waals surface area contributed by atoms with Crippen molar-refractivity contribution in [2.24, 2.45) is 0 Å². The van der Waals surface area contributed by atoms with Crippen LogP contribution in [0.5, 0.6) is 0 Å². The number of fused-ring (bicyclic) bond motifs is 3. The lowest BCUT2D eigenvalue weighted by Gasteiger charge is -2.02. The van der Waals surface area contributed by atoms with E-state index in [1.807, 2.05) is 0 Å². The molecule has 1 N–H and O–H groups in total. The van der Waals surface area contributed by atoms with Gasteiger partial charge in [-0.15, -0.1) is 0 Å². The van der Waals surface area contributed by atoms with Gasteiger partial charge in [0, 0.05) is 5.56 Å². The van der Waals surface area contributed by atoms with Gasteiger partial charge >= 0.3 is 0 Å². The van der Waals surface area contributed by atoms with Crippen molar-refractivity contribution < 1.29 is 4.39 Å². The monoisotopic (exact) mass is 217 g/mol. The van der Waals surface area contributed by atoms with Crippen LogP contribution < -0.4 is 5.56 Å². The molecule has 5 heteroatoms. The maximum atomic E-state index is 13.7. The number of halogens is 1. The quantitative estimate of drug-likeness (QED) is 0.622. The Hall–Kier alpha value is -2.17. The number of hydrogen-bond acceptors (Lipinski definition) is 2. The average molecular weight is 217 g/mol. The largest absolute Gasteiger partial charge is 0.319 e. The molecule has 0 aliphatic heterocycles. The summed E-state index contributed by atoms with van der Waals surface area (Å²) < 4.78 is 15.0. The lowest BCUT2D eigenvalue weighted by molar-refractivity contribution is 0.632. The van der Waals surface area contributed by atoms with Gasteiger partial charge in [0.2, 0.25) is 0 Å². The summed E-state index contributed by atoms with van der Waals surface area (Å²) in [6, 6.07) is 4.54. The van der Waals surface area contributed by atoms with E-state index >= 15 is 0 Å². The van der Waals surface area contributed by atoms with E-state index in [1.165, 1.54) is 10.6 Å². The van der Waals surface area contributed by atoms with Gasteiger partial charge in [0.1, 0.15) is 11.0 Å². The maximum absolute atomic E-state index is 13.7. The first-order chi connectivity index (χ1) is 7.68. The lowest BCUT2D eigenvalue weighted by atomic mass is 10.2. The van der Waals surface area contributed by atoms with Crippen molar-refractivity contribution in [1.29, 1.82) is 0 Å². The second-order valence-corrected chi connectivity index (χ2v) is 3.68. The number of benzene rings is 1. The van der Waals surface area contributed by atoms with Crippen LogP contribution in [0, 0.1) is 12.7 Å². The molecule has 0 unspecified atom stereocenters. The number of para-hydroxylation sites is 1. The van der Waals surface area contributed by atoms with E-state index in [0.717, 1.165) is 5.56 Å². The smallest absolute Gasteiger partial charge is 0.274 e. The zero-order valence-electron chi connectivity index (χ0n) is 8.49. The highest BCUT2D eigenvalue weighted by molar-refractivity contribution is 5.78. The van der Waals surface area contributed by atoms with Gasteiger partial charge in [-0.05, 0) is 19.1 Å². The molecule has 0 spiro atoms. The van der Waals surface area contributed by atoms with Crippen molar-refractivity contribution >= 4 is 16.6 Å². The number of H-pyrrole nitrogens is 1. The molecule has 2 heterocycles. The number of aryl methyl sites for hydroxylation is 1. The molecule has 16 heavy (non-hydrogen) atoms. The fraction of sp³-hybridized carbons (Fsp3) is 0.0909. The van der Waals surface area contributed by atoms with Crippen LogP contribution in [0.2, 0.25) is 0 Å². The first-order valence-electron chi connectivity index (χ1n) is 4.83. The molecule has 0 bridgehead atoms. The first-order valence-corrected chi connectivity index (χ1v) is 4.83. The Labute approximate surface area is 89.3 Å². The predicted molar refractivity (Wildman–Crippen MR) is 58.0 cm³/mol. The standard InChI is InChI=1S/C11H8FN3O/c1-6-5-13-15-9(6)11(16)14-8-4-2-3-7(12)10(8)15/h2-5H,1H3,(H,14,16). The summed E-state index contributed by atoms with van der Waals surface area (Å²) in [5.74, 6) is -0.401. The van der Waals surface area contributed by atoms with Crippen molar-refractivity contribution in [2.75, 3.05) is 0 Å². The molecule has 0 aliphatic carbocycles. The van der Waals surface area contributed by atoms with Crippen LogP contribution in [-0.2, 0) is 0 Å². The molecule has 3 aromatic rings. The Bertz CT molecular complexity index is 757. The Morgan fingerprint density at radius 1 is 1.38 bits per heavy atom. The van der Waals surface area contributed by atoms with Crippen molar-refractivity contribution in [3.63, 3.8) is 0 Å². The van der Waals surface area contributed by atoms with Crippen LogP contribution in [0.3, 0.4) is 0 Å². The molecule has 0 saturated carbocycles. The Kier molecular flexibility index (Phi) is 1.65. The predicted octanol–water partition coefficient (Wildman–Crippen LogP) is 1.62. The van der Waals surface area contributed by atoms with Crippen LogP contribution in [0.1, 0.15) is 5.56 Å². The SMILES string of the molecule is Cc1cnn2c1c(=O)[nH]c1cccc(F)c12. The van der Waals surface area contributed by atoms with Gasteiger partial charge in [-0.3, -0.25) is 4.79 Å². The summed E-state index contributed by atoms with van der Waals surface area (Å²) in [5, 5.41) is 4.02. The summed E-state index contributed by atoms with van der Waals surface area (Å²) in [5.41, 5.74) is 1.60. The summed E-state index contributed by atoms with van der Waals surface area (Å²) >= 11 is 0. The number of nitrogens with zero attached hydrogens (tertiary/aromatic N) is 2. The molecule has 0 fully saturated rings. The van der Waals surface area contributed by atoms with Crippen molar-refractivity contribution in [2.45, 2.75) is 6.92 Å². The maximum Gasteiger partial charge on any atom is 0.274 e. The Balaban J connectivity index is 2.73. The molecule has 4 nitrogen and oxygen atoms in total. The van der Waals surface area contributed by atoms with Crippen LogP contribution >= 0.6 is 0 Å². The van der Waals surface area contributed by atoms with Crippen LogP contribution in [-0.4, -0.2) is 14.6 Å². The third-order valence-electron chi connectivity index (χ3n) is 2.61. The molecular weight excluding hydrogens is 209 g/mol. The van der Waals surface area contributed by atoms with Gasteiger partial charge in [0.05, 0.1) is 11.7 Å². The topological polar surface area (TPSA) is 50.2 Å². The highest BCUT2D eigenvalue weighted by Gasteiger charge is 2.11. The van der Waals surface area contributed by atoms with E-state index in [9.17, 15) is 9.18 Å². The van der Waals surface area contributed by atoms with Gasteiger partial charge in [-0.1, -0.05) is 6.07 Å². The van der Waals surface area contributed by atoms with E-state index in [-0.39, 0.29) is 5.56 Å². The fourth-order valence-corrected chi connectivity index (χ4v) is 1.89. The summed E-state index contributed by atoms with van der Waals surface area (Å²) in [6.45, 7) is 1.77. The molecule has 0 saturated heterocycles. The van der Waals surface area contributed by atoms with E-state index < -0.39 is 5.82 Å². The van der Waals surface area contributed by atoms with Crippen molar-refractivity contribution in [3.05, 3.63) is 46.1 Å². The zero-order chi connectivity index (χ0) is 11.3. The van der Waals surface area contributed by atoms with E-state index in [2.05, 4.69) is 10.1 Å². The fourth-order valence-electron chi connectivity index (χ4n) is 1.89. The van der Waals surface area contributed by atoms with Crippen LogP contribution in [0.25, 0.3) is 16.6 Å². The Morgan fingerprint density at radius 2 is 2.19 bits per heavy atom. The molecule has 0 aliphatic rings. The third kappa shape index (κ3) is 1.02. The van der Waals surface area contributed by atoms with Gasteiger partial charge in [0.15, 0.2) is 5.82 Å². The molecule has 0 amide bonds. The van der Waals surface area contributed by atoms with Crippen LogP contribution in [0.4, 0.5) is 4.39 Å².